The molecule has 0 fully saturated rings. The van der Waals surface area contributed by atoms with Crippen LogP contribution in [-0.2, 0) is 6.61 Å². The van der Waals surface area contributed by atoms with E-state index in [0.717, 1.165) is 38.5 Å². The fourth-order valence-corrected chi connectivity index (χ4v) is 2.92. The van der Waals surface area contributed by atoms with Crippen LogP contribution in [0.15, 0.2) is 78.9 Å². The maximum Gasteiger partial charge on any atom is 0.120 e. The number of aromatic nitrogens is 1. The topological polar surface area (TPSA) is 25.0 Å². The molecule has 2 nitrogen and oxygen atoms in total. The van der Waals surface area contributed by atoms with Crippen molar-refractivity contribution in [3.05, 3.63) is 89.4 Å². The first-order valence-electron chi connectivity index (χ1n) is 7.83. The van der Waals surface area contributed by atoms with E-state index in [-0.39, 0.29) is 0 Å². The highest BCUT2D eigenvalue weighted by Gasteiger charge is 2.05. The Labute approximate surface area is 145 Å². The second-order valence-corrected chi connectivity index (χ2v) is 6.15. The highest BCUT2D eigenvalue weighted by atomic mass is 35.5. The molecule has 0 bridgehead atoms. The smallest absolute Gasteiger partial charge is 0.120 e. The molecule has 0 amide bonds. The van der Waals surface area contributed by atoms with Crippen molar-refractivity contribution in [2.24, 2.45) is 0 Å². The first kappa shape index (κ1) is 14.9. The fourth-order valence-electron chi connectivity index (χ4n) is 2.75. The van der Waals surface area contributed by atoms with Crippen molar-refractivity contribution in [2.45, 2.75) is 6.61 Å². The van der Waals surface area contributed by atoms with Crippen molar-refractivity contribution in [2.75, 3.05) is 0 Å². The number of ether oxygens (including phenoxy) is 1. The molecule has 0 saturated heterocycles. The maximum atomic E-state index is 6.06. The Kier molecular flexibility index (Phi) is 3.97. The van der Waals surface area contributed by atoms with Crippen molar-refractivity contribution < 1.29 is 4.74 Å². The largest absolute Gasteiger partial charge is 0.489 e. The van der Waals surface area contributed by atoms with Gasteiger partial charge in [0.2, 0.25) is 0 Å². The van der Waals surface area contributed by atoms with Crippen LogP contribution in [-0.4, -0.2) is 4.98 Å². The number of rotatable bonds is 4. The van der Waals surface area contributed by atoms with Gasteiger partial charge in [0.05, 0.1) is 0 Å². The third-order valence-electron chi connectivity index (χ3n) is 3.98. The summed E-state index contributed by atoms with van der Waals surface area (Å²) in [5.74, 6) is 0.855. The summed E-state index contributed by atoms with van der Waals surface area (Å²) in [6.07, 6.45) is 0. The highest BCUT2D eigenvalue weighted by molar-refractivity contribution is 6.31. The Hall–Kier alpha value is -2.71. The highest BCUT2D eigenvalue weighted by Crippen LogP contribution is 2.28. The van der Waals surface area contributed by atoms with Crippen LogP contribution < -0.4 is 4.74 Å². The van der Waals surface area contributed by atoms with Crippen LogP contribution >= 0.6 is 11.6 Å². The van der Waals surface area contributed by atoms with E-state index in [0.29, 0.717) is 6.61 Å². The van der Waals surface area contributed by atoms with Crippen LogP contribution in [0, 0.1) is 0 Å². The summed E-state index contributed by atoms with van der Waals surface area (Å²) < 4.78 is 5.91. The molecular weight excluding hydrogens is 318 g/mol. The minimum Gasteiger partial charge on any atom is -0.489 e. The molecule has 3 heteroatoms. The van der Waals surface area contributed by atoms with E-state index in [1.54, 1.807) is 0 Å². The molecule has 0 unspecified atom stereocenters. The van der Waals surface area contributed by atoms with Crippen LogP contribution in [0.4, 0.5) is 0 Å². The first-order chi connectivity index (χ1) is 11.8. The van der Waals surface area contributed by atoms with Gasteiger partial charge in [-0.25, -0.2) is 0 Å². The summed E-state index contributed by atoms with van der Waals surface area (Å²) >= 11 is 6.06. The lowest BCUT2D eigenvalue weighted by atomic mass is 10.1. The summed E-state index contributed by atoms with van der Waals surface area (Å²) in [4.78, 5) is 3.41. The number of nitrogens with one attached hydrogen (secondary N) is 1. The summed E-state index contributed by atoms with van der Waals surface area (Å²) in [7, 11) is 0. The quantitative estimate of drug-likeness (QED) is 0.482. The van der Waals surface area contributed by atoms with Gasteiger partial charge in [0.15, 0.2) is 0 Å². The fraction of sp³-hybridized carbons (Fsp3) is 0.0476. The van der Waals surface area contributed by atoms with Crippen LogP contribution in [0.25, 0.3) is 22.2 Å². The second-order valence-electron chi connectivity index (χ2n) is 5.72. The van der Waals surface area contributed by atoms with Gasteiger partial charge in [-0.2, -0.15) is 0 Å². The number of aromatic amines is 1. The minimum absolute atomic E-state index is 0.562. The van der Waals surface area contributed by atoms with Gasteiger partial charge in [-0.05, 0) is 35.9 Å². The van der Waals surface area contributed by atoms with Crippen molar-refractivity contribution in [1.82, 2.24) is 4.98 Å². The average Bonchev–Trinajstić information content (AvgIpc) is 3.04. The summed E-state index contributed by atoms with van der Waals surface area (Å²) in [6.45, 7) is 0.562. The monoisotopic (exact) mass is 333 g/mol. The number of hydrogen-bond donors (Lipinski definition) is 1. The SMILES string of the molecule is Clc1ccc2cc(-c3cccc(OCc4ccccc4)c3)[nH]c2c1. The van der Waals surface area contributed by atoms with Gasteiger partial charge in [-0.15, -0.1) is 0 Å². The Balaban J connectivity index is 1.59. The first-order valence-corrected chi connectivity index (χ1v) is 8.21. The zero-order valence-electron chi connectivity index (χ0n) is 13.0. The van der Waals surface area contributed by atoms with Crippen LogP contribution in [0.3, 0.4) is 0 Å². The van der Waals surface area contributed by atoms with Crippen molar-refractivity contribution in [1.29, 1.82) is 0 Å². The minimum atomic E-state index is 0.562. The molecule has 118 valence electrons. The Bertz CT molecular complexity index is 975. The van der Waals surface area contributed by atoms with E-state index in [4.69, 9.17) is 16.3 Å². The second kappa shape index (κ2) is 6.42. The molecule has 0 aliphatic rings. The summed E-state index contributed by atoms with van der Waals surface area (Å²) in [5.41, 5.74) is 4.33. The van der Waals surface area contributed by atoms with Crippen LogP contribution in [0.1, 0.15) is 5.56 Å². The number of benzene rings is 3. The summed E-state index contributed by atoms with van der Waals surface area (Å²) in [5, 5.41) is 1.88. The van der Waals surface area contributed by atoms with E-state index in [1.807, 2.05) is 48.5 Å². The predicted octanol–water partition coefficient (Wildman–Crippen LogP) is 6.07. The molecule has 24 heavy (non-hydrogen) atoms. The molecule has 0 saturated carbocycles. The van der Waals surface area contributed by atoms with Gasteiger partial charge in [0.1, 0.15) is 12.4 Å². The molecule has 0 radical (unpaired) electrons. The molecule has 0 aliphatic heterocycles. The van der Waals surface area contributed by atoms with Crippen LogP contribution in [0.2, 0.25) is 5.02 Å². The maximum absolute atomic E-state index is 6.06. The normalized spacial score (nSPS) is 10.9. The van der Waals surface area contributed by atoms with Gasteiger partial charge < -0.3 is 9.72 Å². The van der Waals surface area contributed by atoms with Crippen molar-refractivity contribution in [3.8, 4) is 17.0 Å². The molecule has 1 heterocycles. The molecule has 0 atom stereocenters. The van der Waals surface area contributed by atoms with Crippen molar-refractivity contribution >= 4 is 22.5 Å². The summed E-state index contributed by atoms with van der Waals surface area (Å²) in [6, 6.07) is 26.3. The Morgan fingerprint density at radius 2 is 1.71 bits per heavy atom. The molecule has 4 aromatic rings. The van der Waals surface area contributed by atoms with E-state index < -0.39 is 0 Å². The number of H-pyrrole nitrogens is 1. The molecular formula is C21H16ClNO. The third kappa shape index (κ3) is 3.15. The zero-order chi connectivity index (χ0) is 16.4. The predicted molar refractivity (Wildman–Crippen MR) is 99.5 cm³/mol. The average molecular weight is 334 g/mol. The van der Waals surface area contributed by atoms with E-state index in [9.17, 15) is 0 Å². The number of fused-ring (bicyclic) bond motifs is 1. The van der Waals surface area contributed by atoms with E-state index in [1.165, 1.54) is 0 Å². The Morgan fingerprint density at radius 3 is 2.58 bits per heavy atom. The van der Waals surface area contributed by atoms with Crippen molar-refractivity contribution in [3.63, 3.8) is 0 Å². The lowest BCUT2D eigenvalue weighted by molar-refractivity contribution is 0.306. The molecule has 4 rings (SSSR count). The molecule has 0 spiro atoms. The molecule has 1 N–H and O–H groups in total. The number of halogens is 1. The lowest BCUT2D eigenvalue weighted by Crippen LogP contribution is -1.95. The standard InChI is InChI=1S/C21H16ClNO/c22-18-10-9-17-12-20(23-21(17)13-18)16-7-4-8-19(11-16)24-14-15-5-2-1-3-6-15/h1-13,23H,14H2. The van der Waals surface area contributed by atoms with Gasteiger partial charge in [-0.3, -0.25) is 0 Å². The molecule has 1 aromatic heterocycles. The number of hydrogen-bond acceptors (Lipinski definition) is 1. The van der Waals surface area contributed by atoms with Gasteiger partial charge in [0, 0.05) is 27.2 Å². The Morgan fingerprint density at radius 1 is 0.833 bits per heavy atom. The van der Waals surface area contributed by atoms with E-state index >= 15 is 0 Å². The third-order valence-corrected chi connectivity index (χ3v) is 4.21. The van der Waals surface area contributed by atoms with Gasteiger partial charge in [0.25, 0.3) is 0 Å². The molecule has 0 aliphatic carbocycles. The van der Waals surface area contributed by atoms with E-state index in [2.05, 4.69) is 35.3 Å². The lowest BCUT2D eigenvalue weighted by Gasteiger charge is -2.07. The zero-order valence-corrected chi connectivity index (χ0v) is 13.8. The van der Waals surface area contributed by atoms with Crippen LogP contribution in [0.5, 0.6) is 5.75 Å². The van der Waals surface area contributed by atoms with Gasteiger partial charge in [-0.1, -0.05) is 60.1 Å². The van der Waals surface area contributed by atoms with Gasteiger partial charge >= 0.3 is 0 Å². The molecule has 3 aromatic carbocycles.